The molecule has 222 valence electrons. The van der Waals surface area contributed by atoms with Gasteiger partial charge in [-0.1, -0.05) is 67.4 Å². The fraction of sp³-hybridized carbons (Fsp3) is 0.235. The van der Waals surface area contributed by atoms with Gasteiger partial charge in [-0.25, -0.2) is 17.9 Å². The van der Waals surface area contributed by atoms with Crippen molar-refractivity contribution in [2.75, 3.05) is 0 Å². The van der Waals surface area contributed by atoms with E-state index in [1.807, 2.05) is 78.6 Å². The van der Waals surface area contributed by atoms with Crippen LogP contribution in [0.25, 0.3) is 38.8 Å². The van der Waals surface area contributed by atoms with Gasteiger partial charge in [0.25, 0.3) is 0 Å². The topological polar surface area (TPSA) is 118 Å². The smallest absolute Gasteiger partial charge is 0.331 e. The first-order valence-corrected chi connectivity index (χ1v) is 16.2. The lowest BCUT2D eigenvalue weighted by Crippen LogP contribution is -2.49. The van der Waals surface area contributed by atoms with Crippen LogP contribution in [-0.4, -0.2) is 32.6 Å². The van der Waals surface area contributed by atoms with Gasteiger partial charge in [-0.2, -0.15) is 5.26 Å². The number of nitrogens with one attached hydrogen (secondary N) is 2. The normalized spacial score (nSPS) is 14.8. The van der Waals surface area contributed by atoms with E-state index >= 15 is 0 Å². The fourth-order valence-corrected chi connectivity index (χ4v) is 8.63. The summed E-state index contributed by atoms with van der Waals surface area (Å²) in [5.41, 5.74) is 3.51. The molecule has 0 amide bonds. The molecule has 9 nitrogen and oxygen atoms in total. The molecule has 0 spiro atoms. The monoisotopic (exact) mass is 604 g/mol. The number of imidazole rings is 1. The molecule has 3 heterocycles. The molecular weight excluding hydrogens is 572 g/mol. The number of H-pyrrole nitrogens is 1. The van der Waals surface area contributed by atoms with Crippen LogP contribution in [-0.2, 0) is 23.6 Å². The van der Waals surface area contributed by atoms with E-state index in [9.17, 15) is 18.5 Å². The van der Waals surface area contributed by atoms with Gasteiger partial charge in [0.2, 0.25) is 10.0 Å². The Hall–Kier alpha value is -4.85. The SMILES string of the molecule is Cc1ccccc1S(=O)(=O)NC1(Cn2cc(-c3c(C#N)[nH]c(=O)n3-c3cn(C)c4ccccc34)c3ccccc32)CCCC1. The third kappa shape index (κ3) is 4.48. The van der Waals surface area contributed by atoms with Crippen LogP contribution in [0.5, 0.6) is 0 Å². The lowest BCUT2D eigenvalue weighted by Gasteiger charge is -2.31. The van der Waals surface area contributed by atoms with Crippen molar-refractivity contribution in [2.45, 2.75) is 49.6 Å². The largest absolute Gasteiger partial charge is 0.348 e. The van der Waals surface area contributed by atoms with E-state index in [0.29, 0.717) is 36.3 Å². The Balaban J connectivity index is 1.39. The summed E-state index contributed by atoms with van der Waals surface area (Å²) in [5.74, 6) is 0. The van der Waals surface area contributed by atoms with Crippen molar-refractivity contribution < 1.29 is 8.42 Å². The van der Waals surface area contributed by atoms with Crippen LogP contribution in [0.1, 0.15) is 36.9 Å². The zero-order valence-corrected chi connectivity index (χ0v) is 25.4. The van der Waals surface area contributed by atoms with Crippen molar-refractivity contribution in [1.82, 2.24) is 23.4 Å². The van der Waals surface area contributed by atoms with Gasteiger partial charge in [0.1, 0.15) is 11.8 Å². The van der Waals surface area contributed by atoms with Crippen LogP contribution < -0.4 is 10.4 Å². The van der Waals surface area contributed by atoms with E-state index in [4.69, 9.17) is 0 Å². The standard InChI is InChI=1S/C34H32N6O3S/c1-23-11-3-8-16-31(23)44(42,43)37-34(17-9-10-18-34)22-39-20-26(24-12-4-7-15-29(24)39)32-27(19-35)36-33(41)40(32)30-21-38(2)28-14-6-5-13-25(28)30/h3-8,11-16,20-21,37H,9-10,17-18,22H2,1-2H3,(H,36,41). The quantitative estimate of drug-likeness (QED) is 0.241. The summed E-state index contributed by atoms with van der Waals surface area (Å²) >= 11 is 0. The second kappa shape index (κ2) is 10.4. The summed E-state index contributed by atoms with van der Waals surface area (Å²) in [4.78, 5) is 16.6. The van der Waals surface area contributed by atoms with Crippen molar-refractivity contribution in [1.29, 1.82) is 5.26 Å². The number of aryl methyl sites for hydroxylation is 2. The van der Waals surface area contributed by atoms with Gasteiger partial charge >= 0.3 is 5.69 Å². The number of sulfonamides is 1. The first kappa shape index (κ1) is 28.0. The first-order chi connectivity index (χ1) is 21.2. The summed E-state index contributed by atoms with van der Waals surface area (Å²) in [6.07, 6.45) is 7.09. The van der Waals surface area contributed by atoms with Crippen molar-refractivity contribution in [3.05, 3.63) is 107 Å². The maximum atomic E-state index is 13.7. The Morgan fingerprint density at radius 1 is 0.932 bits per heavy atom. The van der Waals surface area contributed by atoms with Gasteiger partial charge in [-0.05, 0) is 43.5 Å². The minimum absolute atomic E-state index is 0.168. The molecule has 1 saturated carbocycles. The number of rotatable bonds is 7. The van der Waals surface area contributed by atoms with Crippen LogP contribution in [0.4, 0.5) is 0 Å². The maximum absolute atomic E-state index is 13.7. The number of fused-ring (bicyclic) bond motifs is 2. The minimum atomic E-state index is -3.78. The summed E-state index contributed by atoms with van der Waals surface area (Å²) in [7, 11) is -1.85. The van der Waals surface area contributed by atoms with E-state index in [0.717, 1.165) is 40.2 Å². The Kier molecular flexibility index (Phi) is 6.61. The molecule has 0 atom stereocenters. The zero-order valence-electron chi connectivity index (χ0n) is 24.5. The Morgan fingerprint density at radius 2 is 1.59 bits per heavy atom. The maximum Gasteiger partial charge on any atom is 0.331 e. The van der Waals surface area contributed by atoms with Gasteiger partial charge in [0.05, 0.1) is 21.8 Å². The van der Waals surface area contributed by atoms with E-state index in [1.54, 1.807) is 29.7 Å². The lowest BCUT2D eigenvalue weighted by atomic mass is 9.99. The highest BCUT2D eigenvalue weighted by Crippen LogP contribution is 2.38. The summed E-state index contributed by atoms with van der Waals surface area (Å²) in [6, 6.07) is 24.9. The molecule has 0 saturated heterocycles. The molecule has 3 aromatic carbocycles. The molecule has 1 fully saturated rings. The Morgan fingerprint density at radius 3 is 2.32 bits per heavy atom. The molecule has 1 aliphatic carbocycles. The molecule has 6 aromatic rings. The van der Waals surface area contributed by atoms with Gasteiger partial charge < -0.3 is 9.13 Å². The van der Waals surface area contributed by atoms with Crippen LogP contribution in [0.3, 0.4) is 0 Å². The average Bonchev–Trinajstić information content (AvgIpc) is 3.77. The molecule has 7 rings (SSSR count). The van der Waals surface area contributed by atoms with Gasteiger partial charge in [0, 0.05) is 53.4 Å². The molecule has 44 heavy (non-hydrogen) atoms. The lowest BCUT2D eigenvalue weighted by molar-refractivity contribution is 0.339. The van der Waals surface area contributed by atoms with E-state index in [2.05, 4.69) is 20.3 Å². The predicted octanol–water partition coefficient (Wildman–Crippen LogP) is 5.75. The van der Waals surface area contributed by atoms with Gasteiger partial charge in [-0.15, -0.1) is 0 Å². The second-order valence-electron chi connectivity index (χ2n) is 11.8. The third-order valence-electron chi connectivity index (χ3n) is 8.94. The zero-order chi connectivity index (χ0) is 30.6. The van der Waals surface area contributed by atoms with Crippen molar-refractivity contribution in [3.63, 3.8) is 0 Å². The minimum Gasteiger partial charge on any atom is -0.348 e. The molecule has 1 aliphatic rings. The summed E-state index contributed by atoms with van der Waals surface area (Å²) in [6.45, 7) is 2.21. The van der Waals surface area contributed by atoms with Gasteiger partial charge in [0.15, 0.2) is 0 Å². The predicted molar refractivity (Wildman–Crippen MR) is 171 cm³/mol. The summed E-state index contributed by atoms with van der Waals surface area (Å²) in [5, 5.41) is 11.9. The molecule has 2 N–H and O–H groups in total. The molecular formula is C34H32N6O3S. The Bertz CT molecular complexity index is 2270. The second-order valence-corrected chi connectivity index (χ2v) is 13.4. The molecule has 0 bridgehead atoms. The number of nitriles is 1. The van der Waals surface area contributed by atoms with Gasteiger partial charge in [-0.3, -0.25) is 9.55 Å². The average molecular weight is 605 g/mol. The fourth-order valence-electron chi connectivity index (χ4n) is 6.93. The number of aromatic nitrogens is 4. The summed E-state index contributed by atoms with van der Waals surface area (Å²) < 4.78 is 36.1. The van der Waals surface area contributed by atoms with Crippen molar-refractivity contribution in [3.8, 4) is 23.0 Å². The molecule has 0 unspecified atom stereocenters. The van der Waals surface area contributed by atoms with Crippen LogP contribution in [0.15, 0.2) is 94.9 Å². The van der Waals surface area contributed by atoms with E-state index in [-0.39, 0.29) is 10.6 Å². The number of hydrogen-bond donors (Lipinski definition) is 2. The highest BCUT2D eigenvalue weighted by Gasteiger charge is 2.39. The molecule has 10 heteroatoms. The highest BCUT2D eigenvalue weighted by molar-refractivity contribution is 7.89. The molecule has 0 radical (unpaired) electrons. The Labute approximate surface area is 255 Å². The van der Waals surface area contributed by atoms with Crippen LogP contribution in [0, 0.1) is 18.3 Å². The highest BCUT2D eigenvalue weighted by atomic mass is 32.2. The van der Waals surface area contributed by atoms with Crippen molar-refractivity contribution >= 4 is 31.8 Å². The number of para-hydroxylation sites is 2. The number of nitrogens with zero attached hydrogens (tertiary/aromatic N) is 4. The number of aromatic amines is 1. The van der Waals surface area contributed by atoms with Crippen LogP contribution in [0.2, 0.25) is 0 Å². The third-order valence-corrected chi connectivity index (χ3v) is 10.7. The molecule has 0 aliphatic heterocycles. The molecule has 3 aromatic heterocycles. The van der Waals surface area contributed by atoms with Crippen molar-refractivity contribution in [2.24, 2.45) is 7.05 Å². The first-order valence-electron chi connectivity index (χ1n) is 14.7. The van der Waals surface area contributed by atoms with Crippen LogP contribution >= 0.6 is 0 Å². The number of hydrogen-bond acceptors (Lipinski definition) is 4. The van der Waals surface area contributed by atoms with E-state index in [1.165, 1.54) is 0 Å². The van der Waals surface area contributed by atoms with E-state index < -0.39 is 21.3 Å². The number of benzene rings is 3.